The van der Waals surface area contributed by atoms with Crippen molar-refractivity contribution in [1.29, 1.82) is 5.26 Å². The summed E-state index contributed by atoms with van der Waals surface area (Å²) in [5.74, 6) is 1.70. The van der Waals surface area contributed by atoms with E-state index in [0.29, 0.717) is 5.56 Å². The number of hydrogen-bond acceptors (Lipinski definition) is 3. The number of rotatable bonds is 1. The summed E-state index contributed by atoms with van der Waals surface area (Å²) in [7, 11) is 0. The average Bonchev–Trinajstić information content (AvgIpc) is 3.73. The second kappa shape index (κ2) is 7.17. The minimum atomic E-state index is 0.648. The van der Waals surface area contributed by atoms with Crippen LogP contribution in [0.2, 0.25) is 0 Å². The molecule has 0 fully saturated rings. The van der Waals surface area contributed by atoms with Crippen molar-refractivity contribution in [3.8, 4) is 17.2 Å². The summed E-state index contributed by atoms with van der Waals surface area (Å²) < 4.78 is 6.75. The van der Waals surface area contributed by atoms with Crippen LogP contribution < -0.4 is 0 Å². The van der Waals surface area contributed by atoms with E-state index in [-0.39, 0.29) is 0 Å². The third kappa shape index (κ3) is 2.60. The van der Waals surface area contributed by atoms with Crippen molar-refractivity contribution in [2.24, 2.45) is 0 Å². The molecule has 4 heterocycles. The van der Waals surface area contributed by atoms with Gasteiger partial charge >= 0.3 is 0 Å². The zero-order chi connectivity index (χ0) is 26.8. The predicted molar refractivity (Wildman–Crippen MR) is 164 cm³/mol. The Bertz CT molecular complexity index is 2590. The number of nitrogens with zero attached hydrogens (tertiary/aromatic N) is 6. The molecule has 6 aromatic carbocycles. The molecule has 0 amide bonds. The summed E-state index contributed by atoms with van der Waals surface area (Å²) >= 11 is 0. The fourth-order valence-corrected chi connectivity index (χ4v) is 6.64. The van der Waals surface area contributed by atoms with Gasteiger partial charge in [-0.15, -0.1) is 0 Å². The van der Waals surface area contributed by atoms with Gasteiger partial charge in [-0.2, -0.15) is 5.26 Å². The van der Waals surface area contributed by atoms with Gasteiger partial charge in [-0.3, -0.25) is 8.80 Å². The molecular weight excluding hydrogens is 504 g/mol. The first-order valence-electron chi connectivity index (χ1n) is 13.6. The van der Waals surface area contributed by atoms with E-state index in [2.05, 4.69) is 104 Å². The van der Waals surface area contributed by atoms with Crippen molar-refractivity contribution >= 4 is 71.7 Å². The molecule has 0 saturated carbocycles. The zero-order valence-electron chi connectivity index (χ0n) is 21.6. The quantitative estimate of drug-likeness (QED) is 0.220. The average molecular weight is 523 g/mol. The van der Waals surface area contributed by atoms with Crippen LogP contribution >= 0.6 is 0 Å². The number of hydrogen-bond donors (Lipinski definition) is 0. The second-order valence-corrected chi connectivity index (χ2v) is 10.8. The van der Waals surface area contributed by atoms with Gasteiger partial charge in [0, 0.05) is 0 Å². The van der Waals surface area contributed by atoms with Crippen LogP contribution in [-0.2, 0) is 0 Å². The summed E-state index contributed by atoms with van der Waals surface area (Å²) in [4.78, 5) is 10.4. The molecule has 10 rings (SSSR count). The summed E-state index contributed by atoms with van der Waals surface area (Å²) in [6.45, 7) is 0. The molecule has 0 bridgehead atoms. The Morgan fingerprint density at radius 2 is 0.976 bits per heavy atom. The maximum Gasteiger partial charge on any atom is 0.223 e. The molecule has 41 heavy (non-hydrogen) atoms. The van der Waals surface area contributed by atoms with Crippen LogP contribution in [0.4, 0.5) is 0 Å². The highest BCUT2D eigenvalue weighted by molar-refractivity contribution is 6.08. The van der Waals surface area contributed by atoms with E-state index in [1.165, 1.54) is 21.5 Å². The van der Waals surface area contributed by atoms with Gasteiger partial charge in [0.05, 0.1) is 44.7 Å². The third-order valence-electron chi connectivity index (χ3n) is 8.53. The maximum atomic E-state index is 9.36. The Hall–Kier alpha value is -5.93. The number of benzene rings is 6. The third-order valence-corrected chi connectivity index (χ3v) is 8.53. The molecule has 6 heteroatoms. The Kier molecular flexibility index (Phi) is 3.67. The van der Waals surface area contributed by atoms with E-state index in [1.54, 1.807) is 0 Å². The normalized spacial score (nSPS) is 12.4. The standard InChI is InChI=1S/C35H18N6/c36-19-20-9-11-21(12-10-20)26-17-31-33-32(18-26)40-30-16-25-8-4-2-6-23(25)14-28(30)38-35(40)41(33)34-37-27-13-22-5-1-3-7-24(22)15-29(27)39(31)34/h1-18H. The molecule has 0 spiro atoms. The van der Waals surface area contributed by atoms with Gasteiger partial charge in [0.25, 0.3) is 0 Å². The van der Waals surface area contributed by atoms with E-state index in [4.69, 9.17) is 9.97 Å². The van der Waals surface area contributed by atoms with Crippen LogP contribution in [0.25, 0.3) is 82.8 Å². The van der Waals surface area contributed by atoms with E-state index in [0.717, 1.165) is 61.3 Å². The zero-order valence-corrected chi connectivity index (χ0v) is 21.6. The van der Waals surface area contributed by atoms with Crippen molar-refractivity contribution in [2.75, 3.05) is 0 Å². The lowest BCUT2D eigenvalue weighted by molar-refractivity contribution is 1.15. The van der Waals surface area contributed by atoms with E-state index in [1.807, 2.05) is 24.3 Å². The molecule has 0 unspecified atom stereocenters. The molecule has 0 N–H and O–H groups in total. The van der Waals surface area contributed by atoms with Crippen LogP contribution in [-0.4, -0.2) is 23.2 Å². The Labute approximate surface area is 231 Å². The molecule has 0 aliphatic carbocycles. The van der Waals surface area contributed by atoms with Gasteiger partial charge in [-0.25, -0.2) is 14.4 Å². The first kappa shape index (κ1) is 21.0. The number of nitriles is 1. The lowest BCUT2D eigenvalue weighted by atomic mass is 10.0. The molecule has 0 radical (unpaired) electrons. The van der Waals surface area contributed by atoms with Crippen LogP contribution in [0.3, 0.4) is 0 Å². The van der Waals surface area contributed by atoms with Gasteiger partial charge in [-0.1, -0.05) is 60.7 Å². The molecule has 0 saturated heterocycles. The molecule has 0 atom stereocenters. The summed E-state index contributed by atoms with van der Waals surface area (Å²) in [6, 6.07) is 40.2. The molecule has 0 aliphatic rings. The number of aromatic nitrogens is 5. The van der Waals surface area contributed by atoms with Crippen molar-refractivity contribution in [3.63, 3.8) is 0 Å². The minimum Gasteiger partial charge on any atom is -0.276 e. The topological polar surface area (TPSA) is 62.8 Å². The van der Waals surface area contributed by atoms with Crippen LogP contribution in [0, 0.1) is 11.3 Å². The van der Waals surface area contributed by atoms with Crippen LogP contribution in [0.1, 0.15) is 5.56 Å². The Morgan fingerprint density at radius 3 is 1.46 bits per heavy atom. The Morgan fingerprint density at radius 1 is 0.488 bits per heavy atom. The first-order chi connectivity index (χ1) is 20.2. The number of fused-ring (bicyclic) bond motifs is 12. The Balaban J connectivity index is 1.43. The van der Waals surface area contributed by atoms with E-state index < -0.39 is 0 Å². The predicted octanol–water partition coefficient (Wildman–Crippen LogP) is 7.98. The minimum absolute atomic E-state index is 0.648. The van der Waals surface area contributed by atoms with Crippen molar-refractivity contribution in [1.82, 2.24) is 23.2 Å². The van der Waals surface area contributed by atoms with Gasteiger partial charge in [0.1, 0.15) is 5.52 Å². The smallest absolute Gasteiger partial charge is 0.223 e. The summed E-state index contributed by atoms with van der Waals surface area (Å²) in [5, 5.41) is 14.1. The lowest BCUT2D eigenvalue weighted by Crippen LogP contribution is -1.89. The largest absolute Gasteiger partial charge is 0.276 e. The van der Waals surface area contributed by atoms with Gasteiger partial charge in [0.2, 0.25) is 11.6 Å². The van der Waals surface area contributed by atoms with Crippen LogP contribution in [0.15, 0.2) is 109 Å². The summed E-state index contributed by atoms with van der Waals surface area (Å²) in [6.07, 6.45) is 0. The molecule has 188 valence electrons. The van der Waals surface area contributed by atoms with Crippen LogP contribution in [0.5, 0.6) is 0 Å². The number of imidazole rings is 4. The van der Waals surface area contributed by atoms with Gasteiger partial charge < -0.3 is 0 Å². The molecule has 4 aromatic heterocycles. The summed E-state index contributed by atoms with van der Waals surface area (Å²) in [5.41, 5.74) is 10.1. The highest BCUT2D eigenvalue weighted by Gasteiger charge is 2.25. The second-order valence-electron chi connectivity index (χ2n) is 10.8. The molecular formula is C35H18N6. The monoisotopic (exact) mass is 522 g/mol. The fraction of sp³-hybridized carbons (Fsp3) is 0. The van der Waals surface area contributed by atoms with Crippen molar-refractivity contribution in [3.05, 3.63) is 115 Å². The highest BCUT2D eigenvalue weighted by Crippen LogP contribution is 2.38. The van der Waals surface area contributed by atoms with Gasteiger partial charge in [0.15, 0.2) is 0 Å². The molecule has 6 nitrogen and oxygen atoms in total. The molecule has 10 aromatic rings. The van der Waals surface area contributed by atoms with Gasteiger partial charge in [-0.05, 0) is 81.2 Å². The lowest BCUT2D eigenvalue weighted by Gasteiger charge is -2.06. The molecule has 0 aliphatic heterocycles. The highest BCUT2D eigenvalue weighted by atomic mass is 15.3. The van der Waals surface area contributed by atoms with E-state index in [9.17, 15) is 5.26 Å². The van der Waals surface area contributed by atoms with Crippen molar-refractivity contribution < 1.29 is 0 Å². The van der Waals surface area contributed by atoms with E-state index >= 15 is 0 Å². The maximum absolute atomic E-state index is 9.36. The SMILES string of the molecule is N#Cc1ccc(-c2cc3c4c(c2)n2c5cc6ccccc6cc5nc2n4c2nc4cc5ccccc5cc4n32)cc1. The van der Waals surface area contributed by atoms with Crippen molar-refractivity contribution in [2.45, 2.75) is 0 Å². The fourth-order valence-electron chi connectivity index (χ4n) is 6.64. The first-order valence-corrected chi connectivity index (χ1v) is 13.6.